The molecule has 0 radical (unpaired) electrons. The maximum atomic E-state index is 13.7. The first kappa shape index (κ1) is 17.2. The fraction of sp³-hybridized carbons (Fsp3) is 0.105. The molecule has 2 N–H and O–H groups in total. The molecule has 26 heavy (non-hydrogen) atoms. The Balaban J connectivity index is 1.77. The Bertz CT molecular complexity index is 988. The van der Waals surface area contributed by atoms with Gasteiger partial charge in [0, 0.05) is 24.7 Å². The maximum Gasteiger partial charge on any atom is 0.253 e. The second-order valence-corrected chi connectivity index (χ2v) is 5.77. The molecule has 0 atom stereocenters. The van der Waals surface area contributed by atoms with Gasteiger partial charge in [-0.15, -0.1) is 0 Å². The van der Waals surface area contributed by atoms with E-state index in [1.165, 1.54) is 21.8 Å². The summed E-state index contributed by atoms with van der Waals surface area (Å²) < 4.78 is 15.2. The van der Waals surface area contributed by atoms with Gasteiger partial charge in [-0.25, -0.2) is 9.07 Å². The van der Waals surface area contributed by atoms with Crippen molar-refractivity contribution in [2.24, 2.45) is 0 Å². The van der Waals surface area contributed by atoms with Crippen molar-refractivity contribution in [1.82, 2.24) is 14.7 Å². The number of amides is 1. The lowest BCUT2D eigenvalue weighted by atomic mass is 10.1. The van der Waals surface area contributed by atoms with Gasteiger partial charge in [0.2, 0.25) is 0 Å². The topological polar surface area (TPSA) is 87.9 Å². The Kier molecular flexibility index (Phi) is 4.67. The van der Waals surface area contributed by atoms with Crippen LogP contribution >= 0.6 is 0 Å². The van der Waals surface area contributed by atoms with E-state index in [0.717, 1.165) is 0 Å². The summed E-state index contributed by atoms with van der Waals surface area (Å²) in [6.07, 6.45) is 1.39. The molecule has 3 rings (SSSR count). The van der Waals surface area contributed by atoms with Gasteiger partial charge in [0.25, 0.3) is 5.91 Å². The number of nitrogens with zero attached hydrogens (tertiary/aromatic N) is 4. The van der Waals surface area contributed by atoms with Gasteiger partial charge in [-0.3, -0.25) is 4.79 Å². The molecule has 130 valence electrons. The summed E-state index contributed by atoms with van der Waals surface area (Å²) in [5, 5.41) is 13.0. The molecule has 3 aromatic rings. The second kappa shape index (κ2) is 7.07. The first-order chi connectivity index (χ1) is 12.5. The maximum absolute atomic E-state index is 13.7. The standard InChI is InChI=1S/C19H16FN5O/c1-24(12-14-4-2-3-5-17(14)20)19(26)13-6-8-16(9-7-13)25-18(22)15(10-21)11-23-25/h2-9,11H,12,22H2,1H3. The average molecular weight is 349 g/mol. The SMILES string of the molecule is CN(Cc1ccccc1F)C(=O)c1ccc(-n2ncc(C#N)c2N)cc1. The molecule has 0 aliphatic rings. The van der Waals surface area contributed by atoms with E-state index in [-0.39, 0.29) is 29.7 Å². The van der Waals surface area contributed by atoms with Crippen LogP contribution in [-0.4, -0.2) is 27.6 Å². The van der Waals surface area contributed by atoms with Gasteiger partial charge in [-0.1, -0.05) is 18.2 Å². The van der Waals surface area contributed by atoms with Crippen molar-refractivity contribution in [3.8, 4) is 11.8 Å². The van der Waals surface area contributed by atoms with Gasteiger partial charge in [0.15, 0.2) is 0 Å². The molecule has 0 aliphatic carbocycles. The third-order valence-corrected chi connectivity index (χ3v) is 4.00. The molecule has 0 aliphatic heterocycles. The van der Waals surface area contributed by atoms with E-state index in [4.69, 9.17) is 11.0 Å². The predicted octanol–water partition coefficient (Wildman–Crippen LogP) is 2.74. The second-order valence-electron chi connectivity index (χ2n) is 5.77. The number of nitrogens with two attached hydrogens (primary N) is 1. The molecule has 0 spiro atoms. The third-order valence-electron chi connectivity index (χ3n) is 4.00. The highest BCUT2D eigenvalue weighted by atomic mass is 19.1. The van der Waals surface area contributed by atoms with Gasteiger partial charge in [-0.2, -0.15) is 10.4 Å². The summed E-state index contributed by atoms with van der Waals surface area (Å²) in [5.74, 6) is -0.334. The van der Waals surface area contributed by atoms with E-state index in [9.17, 15) is 9.18 Å². The molecular weight excluding hydrogens is 333 g/mol. The molecule has 0 saturated carbocycles. The Morgan fingerprint density at radius 3 is 2.58 bits per heavy atom. The quantitative estimate of drug-likeness (QED) is 0.784. The van der Waals surface area contributed by atoms with Crippen LogP contribution < -0.4 is 5.73 Å². The van der Waals surface area contributed by atoms with Gasteiger partial charge in [0.1, 0.15) is 23.3 Å². The van der Waals surface area contributed by atoms with Crippen molar-refractivity contribution in [1.29, 1.82) is 5.26 Å². The lowest BCUT2D eigenvalue weighted by molar-refractivity contribution is 0.0784. The highest BCUT2D eigenvalue weighted by molar-refractivity contribution is 5.94. The van der Waals surface area contributed by atoms with E-state index in [0.29, 0.717) is 16.8 Å². The van der Waals surface area contributed by atoms with Crippen molar-refractivity contribution in [2.75, 3.05) is 12.8 Å². The number of aromatic nitrogens is 2. The van der Waals surface area contributed by atoms with Crippen molar-refractivity contribution < 1.29 is 9.18 Å². The summed E-state index contributed by atoms with van der Waals surface area (Å²) in [7, 11) is 1.62. The Labute approximate surface area is 149 Å². The average Bonchev–Trinajstić information content (AvgIpc) is 3.03. The molecule has 0 saturated heterocycles. The zero-order chi connectivity index (χ0) is 18.7. The summed E-state index contributed by atoms with van der Waals surface area (Å²) >= 11 is 0. The van der Waals surface area contributed by atoms with Crippen LogP contribution in [0.5, 0.6) is 0 Å². The van der Waals surface area contributed by atoms with Crippen molar-refractivity contribution in [3.63, 3.8) is 0 Å². The Morgan fingerprint density at radius 1 is 1.27 bits per heavy atom. The number of nitriles is 1. The highest BCUT2D eigenvalue weighted by Gasteiger charge is 2.15. The fourth-order valence-corrected chi connectivity index (χ4v) is 2.57. The number of benzene rings is 2. The molecule has 1 amide bonds. The van der Waals surface area contributed by atoms with Gasteiger partial charge >= 0.3 is 0 Å². The zero-order valence-electron chi connectivity index (χ0n) is 14.1. The summed E-state index contributed by atoms with van der Waals surface area (Å²) in [5.41, 5.74) is 7.69. The predicted molar refractivity (Wildman–Crippen MR) is 94.9 cm³/mol. The van der Waals surface area contributed by atoms with Crippen LogP contribution in [0.2, 0.25) is 0 Å². The number of anilines is 1. The van der Waals surface area contributed by atoms with E-state index in [1.807, 2.05) is 6.07 Å². The van der Waals surface area contributed by atoms with Crippen LogP contribution in [0.3, 0.4) is 0 Å². The molecule has 0 unspecified atom stereocenters. The first-order valence-corrected chi connectivity index (χ1v) is 7.84. The summed E-state index contributed by atoms with van der Waals surface area (Å²) in [6, 6.07) is 15.0. The van der Waals surface area contributed by atoms with Crippen LogP contribution in [0.4, 0.5) is 10.2 Å². The van der Waals surface area contributed by atoms with Crippen LogP contribution in [-0.2, 0) is 6.54 Å². The smallest absolute Gasteiger partial charge is 0.253 e. The van der Waals surface area contributed by atoms with Crippen molar-refractivity contribution in [3.05, 3.63) is 77.2 Å². The number of hydrogen-bond donors (Lipinski definition) is 1. The van der Waals surface area contributed by atoms with Crippen molar-refractivity contribution >= 4 is 11.7 Å². The number of halogens is 1. The van der Waals surface area contributed by atoms with E-state index in [2.05, 4.69) is 5.10 Å². The van der Waals surface area contributed by atoms with Crippen LogP contribution in [0.1, 0.15) is 21.5 Å². The fourth-order valence-electron chi connectivity index (χ4n) is 2.57. The Morgan fingerprint density at radius 2 is 1.96 bits per heavy atom. The van der Waals surface area contributed by atoms with Gasteiger partial charge in [-0.05, 0) is 30.3 Å². The molecular formula is C19H16FN5O. The number of nitrogen functional groups attached to an aromatic ring is 1. The largest absolute Gasteiger partial charge is 0.382 e. The third kappa shape index (κ3) is 3.26. The number of hydrogen-bond acceptors (Lipinski definition) is 4. The molecule has 6 nitrogen and oxygen atoms in total. The number of rotatable bonds is 4. The molecule has 7 heteroatoms. The highest BCUT2D eigenvalue weighted by Crippen LogP contribution is 2.18. The summed E-state index contributed by atoms with van der Waals surface area (Å²) in [6.45, 7) is 0.172. The molecule has 0 bridgehead atoms. The van der Waals surface area contributed by atoms with E-state index in [1.54, 1.807) is 49.5 Å². The first-order valence-electron chi connectivity index (χ1n) is 7.84. The van der Waals surface area contributed by atoms with Crippen LogP contribution in [0, 0.1) is 17.1 Å². The molecule has 0 fully saturated rings. The van der Waals surface area contributed by atoms with Gasteiger partial charge in [0.05, 0.1) is 11.9 Å². The minimum absolute atomic E-state index is 0.172. The lowest BCUT2D eigenvalue weighted by Crippen LogP contribution is -2.26. The van der Waals surface area contributed by atoms with Gasteiger partial charge < -0.3 is 10.6 Å². The Hall–Kier alpha value is -3.66. The molecule has 1 heterocycles. The van der Waals surface area contributed by atoms with E-state index >= 15 is 0 Å². The minimum Gasteiger partial charge on any atom is -0.382 e. The van der Waals surface area contributed by atoms with Crippen LogP contribution in [0.15, 0.2) is 54.7 Å². The normalized spacial score (nSPS) is 10.3. The van der Waals surface area contributed by atoms with E-state index < -0.39 is 0 Å². The number of carbonyl (C=O) groups is 1. The summed E-state index contributed by atoms with van der Waals surface area (Å²) in [4.78, 5) is 14.0. The number of carbonyl (C=O) groups excluding carboxylic acids is 1. The monoisotopic (exact) mass is 349 g/mol. The molecule has 2 aromatic carbocycles. The lowest BCUT2D eigenvalue weighted by Gasteiger charge is -2.18. The zero-order valence-corrected chi connectivity index (χ0v) is 14.1. The van der Waals surface area contributed by atoms with Crippen molar-refractivity contribution in [2.45, 2.75) is 6.54 Å². The van der Waals surface area contributed by atoms with Crippen LogP contribution in [0.25, 0.3) is 5.69 Å². The molecule has 1 aromatic heterocycles. The minimum atomic E-state index is -0.343.